The van der Waals surface area contributed by atoms with Gasteiger partial charge in [-0.1, -0.05) is 20.8 Å². The highest BCUT2D eigenvalue weighted by molar-refractivity contribution is 5.98. The predicted octanol–water partition coefficient (Wildman–Crippen LogP) is 3.23. The number of rotatable bonds is 2. The Kier molecular flexibility index (Phi) is 11.8. The molecule has 0 atom stereocenters. The van der Waals surface area contributed by atoms with Gasteiger partial charge in [-0.25, -0.2) is 4.98 Å². The molecule has 0 spiro atoms. The van der Waals surface area contributed by atoms with Crippen molar-refractivity contribution >= 4 is 30.4 Å². The number of aromatic amines is 1. The summed E-state index contributed by atoms with van der Waals surface area (Å²) in [5.74, 6) is 0.0937. The van der Waals surface area contributed by atoms with Crippen LogP contribution in [0.4, 0.5) is 0 Å². The Morgan fingerprint density at radius 3 is 2.25 bits per heavy atom. The monoisotopic (exact) mass is 280 g/mol. The van der Waals surface area contributed by atoms with Gasteiger partial charge < -0.3 is 14.6 Å². The first-order valence-corrected chi connectivity index (χ1v) is 6.27. The van der Waals surface area contributed by atoms with Crippen LogP contribution in [0.25, 0.3) is 11.0 Å². The van der Waals surface area contributed by atoms with Gasteiger partial charge in [-0.3, -0.25) is 4.79 Å². The lowest BCUT2D eigenvalue weighted by Crippen LogP contribution is -1.94. The summed E-state index contributed by atoms with van der Waals surface area (Å²) in [6, 6.07) is 3.77. The molecule has 0 bridgehead atoms. The second kappa shape index (κ2) is 11.8. The van der Waals surface area contributed by atoms with E-state index in [1.165, 1.54) is 0 Å². The first-order valence-electron chi connectivity index (χ1n) is 6.27. The Labute approximate surface area is 120 Å². The van der Waals surface area contributed by atoms with Crippen LogP contribution in [-0.2, 0) is 16.0 Å². The molecule has 0 aliphatic rings. The van der Waals surface area contributed by atoms with Gasteiger partial charge in [-0.15, -0.1) is 0 Å². The van der Waals surface area contributed by atoms with Gasteiger partial charge in [0, 0.05) is 6.99 Å². The molecule has 2 aromatic rings. The SMILES string of the molecule is C=O.C=O.CC.CCc1cc(C(C)=O)cc2[nH]cnc12.[HH]. The fourth-order valence-corrected chi connectivity index (χ4v) is 1.60. The molecular formula is C15H24N2O3. The molecule has 1 heterocycles. The summed E-state index contributed by atoms with van der Waals surface area (Å²) >= 11 is 0. The highest BCUT2D eigenvalue weighted by Gasteiger charge is 2.07. The first kappa shape index (κ1) is 20.0. The van der Waals surface area contributed by atoms with Gasteiger partial charge >= 0.3 is 0 Å². The maximum atomic E-state index is 11.2. The standard InChI is InChI=1S/C11H12N2O.C2H6.2CH2O.H2/c1-3-8-4-9(7(2)14)5-10-11(8)13-6-12-10;3*1-2;/h4-6H,3H2,1-2H3,(H,12,13);1-2H3;2*1H2;1H. The maximum Gasteiger partial charge on any atom is 0.159 e. The van der Waals surface area contributed by atoms with Crippen LogP contribution in [0, 0.1) is 0 Å². The topological polar surface area (TPSA) is 79.9 Å². The number of benzene rings is 1. The number of imidazole rings is 1. The number of H-pyrrole nitrogens is 1. The molecule has 0 saturated heterocycles. The molecule has 1 aromatic heterocycles. The molecular weight excluding hydrogens is 256 g/mol. The maximum absolute atomic E-state index is 11.2. The number of fused-ring (bicyclic) bond motifs is 1. The highest BCUT2D eigenvalue weighted by Crippen LogP contribution is 2.18. The van der Waals surface area contributed by atoms with Crippen LogP contribution >= 0.6 is 0 Å². The van der Waals surface area contributed by atoms with E-state index in [2.05, 4.69) is 16.9 Å². The van der Waals surface area contributed by atoms with Crippen molar-refractivity contribution in [2.24, 2.45) is 0 Å². The van der Waals surface area contributed by atoms with E-state index < -0.39 is 0 Å². The van der Waals surface area contributed by atoms with Gasteiger partial charge in [0.1, 0.15) is 13.6 Å². The quantitative estimate of drug-likeness (QED) is 0.856. The van der Waals surface area contributed by atoms with Crippen molar-refractivity contribution in [2.45, 2.75) is 34.1 Å². The third kappa shape index (κ3) is 5.14. The summed E-state index contributed by atoms with van der Waals surface area (Å²) in [6.45, 7) is 11.6. The number of hydrogen-bond acceptors (Lipinski definition) is 4. The Bertz CT molecular complexity index is 525. The largest absolute Gasteiger partial charge is 0.345 e. The lowest BCUT2D eigenvalue weighted by molar-refractivity contribution is -0.0987. The summed E-state index contributed by atoms with van der Waals surface area (Å²) in [5.41, 5.74) is 3.78. The summed E-state index contributed by atoms with van der Waals surface area (Å²) in [7, 11) is 0. The van der Waals surface area contributed by atoms with Crippen LogP contribution in [0.5, 0.6) is 0 Å². The average Bonchev–Trinajstić information content (AvgIpc) is 3.00. The minimum Gasteiger partial charge on any atom is -0.345 e. The number of carbonyl (C=O) groups is 3. The Morgan fingerprint density at radius 1 is 1.25 bits per heavy atom. The molecule has 20 heavy (non-hydrogen) atoms. The van der Waals surface area contributed by atoms with Crippen molar-refractivity contribution in [1.29, 1.82) is 0 Å². The average molecular weight is 280 g/mol. The molecule has 0 aliphatic heterocycles. The van der Waals surface area contributed by atoms with Gasteiger partial charge in [0.2, 0.25) is 0 Å². The zero-order valence-corrected chi connectivity index (χ0v) is 12.5. The van der Waals surface area contributed by atoms with E-state index in [0.717, 1.165) is 28.6 Å². The van der Waals surface area contributed by atoms with Crippen molar-refractivity contribution in [3.05, 3.63) is 29.6 Å². The molecule has 5 nitrogen and oxygen atoms in total. The van der Waals surface area contributed by atoms with Crippen molar-refractivity contribution in [1.82, 2.24) is 9.97 Å². The number of aromatic nitrogens is 2. The summed E-state index contributed by atoms with van der Waals surface area (Å²) in [6.07, 6.45) is 2.55. The molecule has 1 N–H and O–H groups in total. The molecule has 0 radical (unpaired) electrons. The number of ketones is 1. The van der Waals surface area contributed by atoms with Crippen molar-refractivity contribution in [2.75, 3.05) is 0 Å². The van der Waals surface area contributed by atoms with Gasteiger partial charge in [0.05, 0.1) is 17.4 Å². The highest BCUT2D eigenvalue weighted by atomic mass is 16.1. The zero-order chi connectivity index (χ0) is 16.1. The van der Waals surface area contributed by atoms with Crippen molar-refractivity contribution < 1.29 is 15.8 Å². The van der Waals surface area contributed by atoms with Gasteiger partial charge in [0.15, 0.2) is 5.78 Å². The number of nitrogens with one attached hydrogen (secondary N) is 1. The normalized spacial score (nSPS) is 8.20. The van der Waals surface area contributed by atoms with Crippen LogP contribution in [0.3, 0.4) is 0 Å². The van der Waals surface area contributed by atoms with E-state index in [1.807, 2.05) is 39.6 Å². The molecule has 0 fully saturated rings. The van der Waals surface area contributed by atoms with Crippen LogP contribution in [0.2, 0.25) is 0 Å². The zero-order valence-electron chi connectivity index (χ0n) is 12.5. The summed E-state index contributed by atoms with van der Waals surface area (Å²) in [4.78, 5) is 34.5. The van der Waals surface area contributed by atoms with Crippen molar-refractivity contribution in [3.63, 3.8) is 0 Å². The third-order valence-corrected chi connectivity index (χ3v) is 2.39. The fourth-order valence-electron chi connectivity index (χ4n) is 1.60. The van der Waals surface area contributed by atoms with Crippen LogP contribution in [-0.4, -0.2) is 29.3 Å². The van der Waals surface area contributed by atoms with E-state index >= 15 is 0 Å². The Balaban J connectivity index is -0.000000414. The molecule has 112 valence electrons. The minimum absolute atomic E-state index is 0. The molecule has 0 amide bonds. The van der Waals surface area contributed by atoms with Crippen LogP contribution < -0.4 is 0 Å². The number of hydrogen-bond donors (Lipinski definition) is 1. The third-order valence-electron chi connectivity index (χ3n) is 2.39. The molecule has 5 heteroatoms. The second-order valence-corrected chi connectivity index (χ2v) is 3.34. The number of Topliss-reactive ketones (excluding diaryl/α,β-unsaturated/α-hetero) is 1. The Hall–Kier alpha value is -2.30. The van der Waals surface area contributed by atoms with Gasteiger partial charge in [0.25, 0.3) is 0 Å². The molecule has 0 aliphatic carbocycles. The molecule has 0 unspecified atom stereocenters. The van der Waals surface area contributed by atoms with Gasteiger partial charge in [-0.05, 0) is 31.0 Å². The second-order valence-electron chi connectivity index (χ2n) is 3.34. The molecule has 1 aromatic carbocycles. The number of nitrogens with zero attached hydrogens (tertiary/aromatic N) is 1. The van der Waals surface area contributed by atoms with E-state index in [1.54, 1.807) is 13.3 Å². The minimum atomic E-state index is 0. The van der Waals surface area contributed by atoms with Gasteiger partial charge in [-0.2, -0.15) is 0 Å². The summed E-state index contributed by atoms with van der Waals surface area (Å²) < 4.78 is 0. The first-order chi connectivity index (χ1) is 9.72. The lowest BCUT2D eigenvalue weighted by Gasteiger charge is -2.01. The predicted molar refractivity (Wildman–Crippen MR) is 83.2 cm³/mol. The number of carbonyl (C=O) groups excluding carboxylic acids is 3. The van der Waals surface area contributed by atoms with E-state index in [4.69, 9.17) is 9.59 Å². The van der Waals surface area contributed by atoms with Crippen molar-refractivity contribution in [3.8, 4) is 0 Å². The van der Waals surface area contributed by atoms with E-state index in [9.17, 15) is 4.79 Å². The number of aryl methyl sites for hydroxylation is 1. The van der Waals surface area contributed by atoms with Crippen LogP contribution in [0.15, 0.2) is 18.5 Å². The van der Waals surface area contributed by atoms with E-state index in [-0.39, 0.29) is 7.21 Å². The smallest absolute Gasteiger partial charge is 0.159 e. The van der Waals surface area contributed by atoms with Crippen LogP contribution in [0.1, 0.15) is 45.0 Å². The Morgan fingerprint density at radius 2 is 1.80 bits per heavy atom. The molecule has 2 rings (SSSR count). The molecule has 0 saturated carbocycles. The van der Waals surface area contributed by atoms with E-state index in [0.29, 0.717) is 0 Å². The summed E-state index contributed by atoms with van der Waals surface area (Å²) in [5, 5.41) is 0. The fraction of sp³-hybridized carbons (Fsp3) is 0.333. The lowest BCUT2D eigenvalue weighted by atomic mass is 10.0.